The van der Waals surface area contributed by atoms with Crippen molar-refractivity contribution >= 4 is 38.4 Å². The number of carbonyl (C=O) groups is 2. The van der Waals surface area contributed by atoms with Crippen LogP contribution in [0.15, 0.2) is 120 Å². The summed E-state index contributed by atoms with van der Waals surface area (Å²) in [4.78, 5) is 28.1. The van der Waals surface area contributed by atoms with Crippen molar-refractivity contribution in [3.8, 4) is 0 Å². The molecule has 0 saturated heterocycles. The molecule has 2 amide bonds. The molecule has 0 aliphatic heterocycles. The third kappa shape index (κ3) is 8.48. The average molecular weight is 639 g/mol. The molecule has 0 spiro atoms. The fraction of sp³-hybridized carbons (Fsp3) is 0.222. The van der Waals surface area contributed by atoms with Crippen molar-refractivity contribution in [3.63, 3.8) is 0 Å². The highest BCUT2D eigenvalue weighted by Gasteiger charge is 2.31. The normalized spacial score (nSPS) is 12.9. The predicted octanol–water partition coefficient (Wildman–Crippen LogP) is 5.04. The van der Waals surface area contributed by atoms with Crippen LogP contribution in [-0.4, -0.2) is 53.3 Å². The first-order valence-electron chi connectivity index (χ1n) is 15.2. The maximum atomic E-state index is 14.0. The van der Waals surface area contributed by atoms with E-state index in [1.165, 1.54) is 35.5 Å². The van der Waals surface area contributed by atoms with Gasteiger partial charge in [-0.1, -0.05) is 78.9 Å². The molecule has 9 nitrogen and oxygen atoms in total. The molecular formula is C36H38N4O5S. The summed E-state index contributed by atoms with van der Waals surface area (Å²) >= 11 is 0. The molecule has 0 unspecified atom stereocenters. The summed E-state index contributed by atoms with van der Waals surface area (Å²) in [5, 5.41) is 18.3. The van der Waals surface area contributed by atoms with E-state index in [9.17, 15) is 23.1 Å². The number of amides is 2. The Kier molecular flexibility index (Phi) is 10.6. The van der Waals surface area contributed by atoms with Crippen LogP contribution in [0.1, 0.15) is 30.0 Å². The Bertz CT molecular complexity index is 1860. The zero-order valence-corrected chi connectivity index (χ0v) is 26.4. The van der Waals surface area contributed by atoms with Crippen LogP contribution in [0, 0.1) is 0 Å². The van der Waals surface area contributed by atoms with Crippen LogP contribution in [0.5, 0.6) is 0 Å². The fourth-order valence-electron chi connectivity index (χ4n) is 5.47. The van der Waals surface area contributed by atoms with Gasteiger partial charge < -0.3 is 20.7 Å². The highest BCUT2D eigenvalue weighted by atomic mass is 32.2. The molecule has 4 N–H and O–H groups in total. The van der Waals surface area contributed by atoms with Crippen molar-refractivity contribution in [3.05, 3.63) is 132 Å². The van der Waals surface area contributed by atoms with Gasteiger partial charge in [-0.05, 0) is 59.9 Å². The van der Waals surface area contributed by atoms with Gasteiger partial charge in [0.25, 0.3) is 0 Å². The Balaban J connectivity index is 1.39. The van der Waals surface area contributed by atoms with E-state index in [4.69, 9.17) is 0 Å². The average Bonchev–Trinajstić information content (AvgIpc) is 3.46. The third-order valence-corrected chi connectivity index (χ3v) is 9.65. The molecule has 0 saturated carbocycles. The van der Waals surface area contributed by atoms with Gasteiger partial charge in [0.2, 0.25) is 21.8 Å². The number of aromatic amines is 1. The van der Waals surface area contributed by atoms with Gasteiger partial charge in [-0.25, -0.2) is 8.42 Å². The van der Waals surface area contributed by atoms with Crippen molar-refractivity contribution in [1.29, 1.82) is 0 Å². The van der Waals surface area contributed by atoms with E-state index in [0.717, 1.165) is 27.6 Å². The molecule has 4 aromatic carbocycles. The number of hydrogen-bond acceptors (Lipinski definition) is 5. The van der Waals surface area contributed by atoms with E-state index < -0.39 is 22.2 Å². The van der Waals surface area contributed by atoms with E-state index in [2.05, 4.69) is 15.6 Å². The van der Waals surface area contributed by atoms with Crippen LogP contribution in [0.25, 0.3) is 10.9 Å². The monoisotopic (exact) mass is 638 g/mol. The van der Waals surface area contributed by atoms with Crippen molar-refractivity contribution in [2.75, 3.05) is 11.9 Å². The Morgan fingerprint density at radius 3 is 2.15 bits per heavy atom. The molecular weight excluding hydrogens is 600 g/mol. The highest BCUT2D eigenvalue weighted by Crippen LogP contribution is 2.23. The van der Waals surface area contributed by atoms with Crippen LogP contribution < -0.4 is 10.6 Å². The van der Waals surface area contributed by atoms with Crippen molar-refractivity contribution in [2.24, 2.45) is 0 Å². The van der Waals surface area contributed by atoms with Crippen LogP contribution in [-0.2, 0) is 39.0 Å². The first-order valence-corrected chi connectivity index (χ1v) is 16.6. The molecule has 5 rings (SSSR count). The summed E-state index contributed by atoms with van der Waals surface area (Å²) in [5.41, 5.74) is 4.02. The van der Waals surface area contributed by atoms with Crippen molar-refractivity contribution < 1.29 is 23.1 Å². The lowest BCUT2D eigenvalue weighted by atomic mass is 10.00. The molecule has 0 aliphatic rings. The number of aliphatic hydroxyl groups excluding tert-OH is 1. The smallest absolute Gasteiger partial charge is 0.243 e. The van der Waals surface area contributed by atoms with Gasteiger partial charge in [0.05, 0.1) is 23.5 Å². The summed E-state index contributed by atoms with van der Waals surface area (Å²) in [6.07, 6.45) is 1.67. The lowest BCUT2D eigenvalue weighted by Gasteiger charge is -2.30. The summed E-state index contributed by atoms with van der Waals surface area (Å²) < 4.78 is 29.2. The lowest BCUT2D eigenvalue weighted by Crippen LogP contribution is -2.49. The van der Waals surface area contributed by atoms with Crippen LogP contribution >= 0.6 is 0 Å². The number of anilines is 1. The molecule has 1 heterocycles. The molecule has 10 heteroatoms. The minimum atomic E-state index is -4.09. The third-order valence-electron chi connectivity index (χ3n) is 7.83. The first-order chi connectivity index (χ1) is 22.2. The van der Waals surface area contributed by atoms with Gasteiger partial charge in [0.1, 0.15) is 0 Å². The zero-order chi connectivity index (χ0) is 32.5. The number of carbonyl (C=O) groups excluding carboxylic acids is 2. The second kappa shape index (κ2) is 15.0. The molecule has 46 heavy (non-hydrogen) atoms. The zero-order valence-electron chi connectivity index (χ0n) is 25.6. The summed E-state index contributed by atoms with van der Waals surface area (Å²) in [7, 11) is -4.09. The van der Waals surface area contributed by atoms with E-state index in [1.54, 1.807) is 0 Å². The largest absolute Gasteiger partial charge is 0.390 e. The Morgan fingerprint density at radius 2 is 1.48 bits per heavy atom. The van der Waals surface area contributed by atoms with Gasteiger partial charge in [-0.15, -0.1) is 0 Å². The predicted molar refractivity (Wildman–Crippen MR) is 179 cm³/mol. The summed E-state index contributed by atoms with van der Waals surface area (Å²) in [6.45, 7) is 1.14. The molecule has 238 valence electrons. The van der Waals surface area contributed by atoms with Gasteiger partial charge >= 0.3 is 0 Å². The number of rotatable bonds is 14. The summed E-state index contributed by atoms with van der Waals surface area (Å²) in [6, 6.07) is 31.8. The van der Waals surface area contributed by atoms with Crippen LogP contribution in [0.4, 0.5) is 5.69 Å². The molecule has 1 aromatic heterocycles. The molecule has 2 atom stereocenters. The number of sulfonamides is 1. The fourth-order valence-corrected chi connectivity index (χ4v) is 6.92. The van der Waals surface area contributed by atoms with Gasteiger partial charge in [-0.3, -0.25) is 9.59 Å². The van der Waals surface area contributed by atoms with E-state index in [0.29, 0.717) is 18.5 Å². The maximum absolute atomic E-state index is 14.0. The molecule has 0 aliphatic carbocycles. The van der Waals surface area contributed by atoms with E-state index in [-0.39, 0.29) is 36.2 Å². The van der Waals surface area contributed by atoms with E-state index in [1.807, 2.05) is 91.1 Å². The number of nitrogens with zero attached hydrogens (tertiary/aromatic N) is 1. The molecule has 0 radical (unpaired) electrons. The SMILES string of the molecule is CC(=O)Nc1ccc(S(=O)(=O)N(Cc2ccccc2)C[C@@H](O)[C@H](CCc2ccccc2)NC(=O)Cc2c[nH]c3ccccc23)cc1. The number of H-pyrrole nitrogens is 1. The minimum Gasteiger partial charge on any atom is -0.390 e. The molecule has 5 aromatic rings. The molecule has 0 bridgehead atoms. The topological polar surface area (TPSA) is 132 Å². The Morgan fingerprint density at radius 1 is 0.848 bits per heavy atom. The number of benzene rings is 4. The van der Waals surface area contributed by atoms with Gasteiger partial charge in [-0.2, -0.15) is 4.31 Å². The van der Waals surface area contributed by atoms with Crippen LogP contribution in [0.3, 0.4) is 0 Å². The Labute approximate surface area is 269 Å². The van der Waals surface area contributed by atoms with E-state index >= 15 is 0 Å². The lowest BCUT2D eigenvalue weighted by molar-refractivity contribution is -0.122. The second-order valence-electron chi connectivity index (χ2n) is 11.3. The quantitative estimate of drug-likeness (QED) is 0.135. The molecule has 0 fully saturated rings. The van der Waals surface area contributed by atoms with Gasteiger partial charge in [0, 0.05) is 42.8 Å². The second-order valence-corrected chi connectivity index (χ2v) is 13.2. The maximum Gasteiger partial charge on any atom is 0.243 e. The number of para-hydroxylation sites is 1. The highest BCUT2D eigenvalue weighted by molar-refractivity contribution is 7.89. The number of hydrogen-bond donors (Lipinski definition) is 4. The number of aliphatic hydroxyl groups is 1. The van der Waals surface area contributed by atoms with Crippen molar-refractivity contribution in [1.82, 2.24) is 14.6 Å². The number of nitrogens with one attached hydrogen (secondary N) is 3. The van der Waals surface area contributed by atoms with Gasteiger partial charge in [0.15, 0.2) is 0 Å². The number of aromatic nitrogens is 1. The summed E-state index contributed by atoms with van der Waals surface area (Å²) in [5.74, 6) is -0.536. The first kappa shape index (κ1) is 32.6. The Hall–Kier alpha value is -4.77. The standard InChI is InChI=1S/C36H38N4O5S/c1-26(41)38-30-17-19-31(20-18-30)46(44,45)40(24-28-12-6-3-7-13-28)25-35(42)34(21-16-27-10-4-2-5-11-27)39-36(43)22-29-23-37-33-15-9-8-14-32(29)33/h2-15,17-20,23,34-35,37,42H,16,21-22,24-25H2,1H3,(H,38,41)(H,39,43)/t34-,35+/m0/s1. The van der Waals surface area contributed by atoms with Crippen LogP contribution in [0.2, 0.25) is 0 Å². The minimum absolute atomic E-state index is 0.0162. The number of fused-ring (bicyclic) bond motifs is 1. The van der Waals surface area contributed by atoms with Crippen molar-refractivity contribution in [2.45, 2.75) is 49.8 Å². The number of aryl methyl sites for hydroxylation is 1.